The molecule has 0 aromatic carbocycles. The summed E-state index contributed by atoms with van der Waals surface area (Å²) in [6, 6.07) is 1.32. The highest BCUT2D eigenvalue weighted by molar-refractivity contribution is 5.88. The Kier molecular flexibility index (Phi) is 96.4. The Hall–Kier alpha value is -3.52. The molecule has 5 unspecified atom stereocenters. The molecule has 1 N–H and O–H groups in total. The van der Waals surface area contributed by atoms with Crippen molar-refractivity contribution in [1.82, 2.24) is 10.3 Å². The molecule has 14 nitrogen and oxygen atoms in total. The van der Waals surface area contributed by atoms with E-state index in [1.54, 1.807) is 0 Å². The first-order valence-electron chi connectivity index (χ1n) is 37.9. The maximum atomic E-state index is 5.21. The van der Waals surface area contributed by atoms with Crippen LogP contribution in [0.25, 0.3) is 0 Å². The highest BCUT2D eigenvalue weighted by atomic mass is 16.6. The first-order valence-corrected chi connectivity index (χ1v) is 37.9. The van der Waals surface area contributed by atoms with Crippen molar-refractivity contribution in [3.8, 4) is 0 Å². The fourth-order valence-electron chi connectivity index (χ4n) is 8.05. The molecule has 548 valence electrons. The number of hydrazone groups is 1. The Morgan fingerprint density at radius 2 is 1.03 bits per heavy atom. The Morgan fingerprint density at radius 1 is 0.484 bits per heavy atom. The topological polar surface area (TPSA) is 151 Å². The fraction of sp³-hybridized carbons (Fsp3) is 0.896. The van der Waals surface area contributed by atoms with E-state index in [-0.39, 0.29) is 0 Å². The van der Waals surface area contributed by atoms with E-state index >= 15 is 0 Å². The maximum Gasteiger partial charge on any atom is 0.134 e. The van der Waals surface area contributed by atoms with Gasteiger partial charge in [-0.25, -0.2) is 0 Å². The summed E-state index contributed by atoms with van der Waals surface area (Å²) in [7, 11) is 0. The third kappa shape index (κ3) is 66.3. The molecule has 1 fully saturated rings. The highest BCUT2D eigenvalue weighted by Gasteiger charge is 2.19. The number of nitrogens with one attached hydrogen (secondary N) is 1. The van der Waals surface area contributed by atoms with Gasteiger partial charge >= 0.3 is 0 Å². The lowest BCUT2D eigenvalue weighted by molar-refractivity contribution is 0.0238. The van der Waals surface area contributed by atoms with Gasteiger partial charge in [0, 0.05) is 94.3 Å². The van der Waals surface area contributed by atoms with E-state index in [9.17, 15) is 0 Å². The van der Waals surface area contributed by atoms with Crippen LogP contribution < -0.4 is 5.43 Å². The Bertz CT molecular complexity index is 1460. The first-order chi connectivity index (χ1) is 43.7. The molecule has 0 amide bonds. The number of aliphatic imine (C=N–C) groups is 4. The van der Waals surface area contributed by atoms with Crippen LogP contribution in [-0.4, -0.2) is 137 Å². The molecule has 0 aromatic heterocycles. The van der Waals surface area contributed by atoms with Crippen LogP contribution in [0.15, 0.2) is 40.5 Å². The number of rotatable bonds is 9. The zero-order chi connectivity index (χ0) is 72.6. The van der Waals surface area contributed by atoms with Gasteiger partial charge in [-0.15, -0.1) is 0 Å². The Balaban J connectivity index is -0.000000115. The molecule has 9 aliphatic heterocycles. The minimum Gasteiger partial charge on any atom is -0.395 e. The number of morpholine rings is 1. The van der Waals surface area contributed by atoms with E-state index in [0.29, 0.717) is 53.7 Å². The summed E-state index contributed by atoms with van der Waals surface area (Å²) < 4.78 is 5.21. The van der Waals surface area contributed by atoms with Crippen molar-refractivity contribution in [2.45, 2.75) is 325 Å². The Labute approximate surface area is 571 Å². The second-order valence-corrected chi connectivity index (χ2v) is 23.2. The summed E-state index contributed by atoms with van der Waals surface area (Å²) in [5.74, 6) is 7.67. The maximum absolute atomic E-state index is 5.21. The van der Waals surface area contributed by atoms with Crippen LogP contribution >= 0.6 is 0 Å². The van der Waals surface area contributed by atoms with Crippen LogP contribution in [0.2, 0.25) is 0 Å². The molecule has 0 aromatic rings. The quantitative estimate of drug-likeness (QED) is 0.243. The minimum absolute atomic E-state index is 0.343. The van der Waals surface area contributed by atoms with Gasteiger partial charge in [0.15, 0.2) is 0 Å². The molecule has 0 radical (unpaired) electrons. The molecule has 0 spiro atoms. The molecular weight excluding hydrogens is 1130 g/mol. The van der Waals surface area contributed by atoms with Gasteiger partial charge in [-0.05, 0) is 124 Å². The first kappa shape index (κ1) is 106. The van der Waals surface area contributed by atoms with E-state index in [1.807, 2.05) is 149 Å². The fourth-order valence-corrected chi connectivity index (χ4v) is 8.05. The number of ether oxygens (including phenoxy) is 1. The monoisotopic (exact) mass is 1300 g/mol. The van der Waals surface area contributed by atoms with Crippen LogP contribution in [0.1, 0.15) is 307 Å². The molecule has 5 atom stereocenters. The van der Waals surface area contributed by atoms with Crippen LogP contribution in [0.3, 0.4) is 0 Å². The van der Waals surface area contributed by atoms with Gasteiger partial charge in [-0.2, -0.15) is 5.10 Å². The predicted octanol–water partition coefficient (Wildman–Crippen LogP) is 22.3. The van der Waals surface area contributed by atoms with Gasteiger partial charge in [0.2, 0.25) is 0 Å². The van der Waals surface area contributed by atoms with E-state index in [2.05, 4.69) is 182 Å². The van der Waals surface area contributed by atoms with Crippen molar-refractivity contribution < 1.29 is 19.2 Å². The number of nitrogens with zero attached hydrogens (tertiary/aromatic N) is 9. The third-order valence-corrected chi connectivity index (χ3v) is 14.1. The van der Waals surface area contributed by atoms with Crippen molar-refractivity contribution in [3.05, 3.63) is 0 Å². The summed E-state index contributed by atoms with van der Waals surface area (Å²) in [5.41, 5.74) is 6.87. The minimum atomic E-state index is 0.343. The average Bonchev–Trinajstić information content (AvgIpc) is 4.51. The van der Waals surface area contributed by atoms with Crippen molar-refractivity contribution in [1.29, 1.82) is 0 Å². The predicted molar refractivity (Wildman–Crippen MR) is 418 cm³/mol. The largest absolute Gasteiger partial charge is 0.395 e. The lowest BCUT2D eigenvalue weighted by atomic mass is 9.95. The van der Waals surface area contributed by atoms with Crippen LogP contribution in [0.4, 0.5) is 0 Å². The average molecular weight is 1300 g/mol. The second-order valence-electron chi connectivity index (χ2n) is 23.2. The summed E-state index contributed by atoms with van der Waals surface area (Å²) in [6.07, 6.45) is 20.9. The van der Waals surface area contributed by atoms with Gasteiger partial charge < -0.3 is 24.7 Å². The number of hydrogen-bond donors (Lipinski definition) is 1. The van der Waals surface area contributed by atoms with E-state index < -0.39 is 0 Å². The van der Waals surface area contributed by atoms with Gasteiger partial charge in [-0.3, -0.25) is 24.9 Å². The van der Waals surface area contributed by atoms with Crippen molar-refractivity contribution in [2.24, 2.45) is 106 Å². The molecule has 1 saturated heterocycles. The molecule has 9 rings (SSSR count). The molecule has 0 bridgehead atoms. The van der Waals surface area contributed by atoms with E-state index in [0.717, 1.165) is 115 Å². The molecule has 14 heteroatoms. The van der Waals surface area contributed by atoms with E-state index in [4.69, 9.17) is 19.2 Å². The summed E-state index contributed by atoms with van der Waals surface area (Å²) >= 11 is 0. The molecule has 0 aliphatic carbocycles. The second kappa shape index (κ2) is 82.6. The van der Waals surface area contributed by atoms with E-state index in [1.165, 1.54) is 55.7 Å². The van der Waals surface area contributed by atoms with Crippen molar-refractivity contribution in [2.75, 3.05) is 65.7 Å². The highest BCUT2D eigenvalue weighted by Crippen LogP contribution is 2.19. The van der Waals surface area contributed by atoms with Crippen LogP contribution in [0.5, 0.6) is 0 Å². The number of oxime groups is 3. The Morgan fingerprint density at radius 3 is 1.24 bits per heavy atom. The summed E-state index contributed by atoms with van der Waals surface area (Å²) in [6.45, 7) is 85.4. The smallest absolute Gasteiger partial charge is 0.134 e. The van der Waals surface area contributed by atoms with Gasteiger partial charge in [0.25, 0.3) is 0 Å². The molecule has 0 saturated carbocycles. The standard InChI is InChI=1S/C7H15NO.4C7H13N.C6H12N2.3C6H11NO.9C2H6/c1-7(2)8-3-5-9-6-4-8;2*1-6(2)7-3-4-8-5-7;2*1-6(2)7-4-3-5-8-7;1-5(2)6-3-4-7-8-6;1-5(2)6-3-7-8-4-6;1-5(2)6-3-4-8-7-6;1-5(2)6-3-4-7-8-6;9*1-2/h7H,3-6H2,1-2H3;5-7H,3-4H2,1-2H3;4,6-7H,3,5H2,1-2H3;6H,3-5H2,1-2H3;5-7H,3-4H2,1-2H3;5,7H,3-4H2,1-2H3;3,5-6H,4H2,1-2H3;5H,3-4H2,1-2H3;4-6H,3H2,1-2H3;9*1-2H3. The van der Waals surface area contributed by atoms with Crippen molar-refractivity contribution in [3.63, 3.8) is 0 Å². The lowest BCUT2D eigenvalue weighted by Crippen LogP contribution is -2.40. The molecule has 9 aliphatic rings. The summed E-state index contributed by atoms with van der Waals surface area (Å²) in [4.78, 5) is 34.0. The molecule has 91 heavy (non-hydrogen) atoms. The SMILES string of the molecule is CC.CC.CC.CC.CC.CC.CC.CC.CC.CC(C)C1=NCCC1.CC(C)C1=NNCC1.CC(C)C1=NOCC1.CC(C)C1C=NCC1.CC(C)C1C=NOC1.CC(C)C1CC=NC1.CC(C)C1CC=NO1.CC(C)C1CCC=N1.CC(C)N1CCOCC1. The zero-order valence-electron chi connectivity index (χ0n) is 68.1. The van der Waals surface area contributed by atoms with Gasteiger partial charge in [-0.1, -0.05) is 251 Å². The zero-order valence-corrected chi connectivity index (χ0v) is 68.1. The van der Waals surface area contributed by atoms with Gasteiger partial charge in [0.05, 0.1) is 31.2 Å². The molecule has 9 heterocycles. The van der Waals surface area contributed by atoms with Crippen LogP contribution in [0, 0.1) is 65.1 Å². The number of hydrogen-bond acceptors (Lipinski definition) is 14. The normalized spacial score (nSPS) is 19.8. The van der Waals surface area contributed by atoms with Crippen LogP contribution in [-0.2, 0) is 19.2 Å². The summed E-state index contributed by atoms with van der Waals surface area (Å²) in [5, 5.41) is 15.3. The van der Waals surface area contributed by atoms with Crippen molar-refractivity contribution >= 4 is 48.2 Å². The lowest BCUT2D eigenvalue weighted by Gasteiger charge is -2.29. The van der Waals surface area contributed by atoms with Gasteiger partial charge in [0.1, 0.15) is 19.3 Å². The third-order valence-electron chi connectivity index (χ3n) is 14.1. The molecular formula is C77H166N10O4.